The molecule has 1 N–H and O–H groups in total. The van der Waals surface area contributed by atoms with Gasteiger partial charge in [0, 0.05) is 0 Å². The first-order chi connectivity index (χ1) is 1.41. The monoisotopic (exact) mass is 845 g/mol. The predicted octanol–water partition coefficient (Wildman–Crippen LogP) is 1.06. The van der Waals surface area contributed by atoms with Crippen LogP contribution in [-0.4, -0.2) is 6.54 Å². The fraction of sp³-hybridized carbons (Fsp3) is 1.00. The van der Waals surface area contributed by atoms with Crippen LogP contribution in [0.3, 0.4) is 0 Å². The fourth-order valence-corrected chi connectivity index (χ4v) is 0. The fourth-order valence-electron chi connectivity index (χ4n) is 0. The maximum Gasteiger partial charge on any atom is 0 e. The van der Waals surface area contributed by atoms with Gasteiger partial charge >= 0.3 is 0 Å². The van der Waals surface area contributed by atoms with Gasteiger partial charge in [-0.25, -0.2) is 0 Å². The number of hydrogen-bond acceptors (Lipinski definition) is 0. The van der Waals surface area contributed by atoms with Gasteiger partial charge in [-0.05, 0) is 0 Å². The Bertz CT molecular complexity index is 8.75. The zero-order valence-electron chi connectivity index (χ0n) is 4.33. The van der Waals surface area contributed by atoms with Gasteiger partial charge in [0.05, 0.1) is 0 Å². The largest absolute Gasteiger partial charge is 0.678 e. The van der Waals surface area contributed by atoms with E-state index in [9.17, 15) is 0 Å². The van der Waals surface area contributed by atoms with Gasteiger partial charge < -0.3 is 5.73 Å². The summed E-state index contributed by atoms with van der Waals surface area (Å²) in [5.74, 6) is 0. The maximum absolute atomic E-state index is 6.21. The molecular formula is C2H6NRf3-. The van der Waals surface area contributed by atoms with E-state index in [1.54, 1.807) is 6.92 Å². The van der Waals surface area contributed by atoms with Crippen LogP contribution in [0.15, 0.2) is 0 Å². The molecule has 0 aliphatic rings. The maximum atomic E-state index is 6.21. The summed E-state index contributed by atoms with van der Waals surface area (Å²) in [7, 11) is 0. The van der Waals surface area contributed by atoms with Crippen LogP contribution in [0.5, 0.6) is 0 Å². The first-order valence-electron chi connectivity index (χ1n) is 1.06. The Labute approximate surface area is 20.4 Å². The van der Waals surface area contributed by atoms with Gasteiger partial charge in [0.15, 0.2) is 0 Å². The van der Waals surface area contributed by atoms with E-state index < -0.39 is 0 Å². The SMILES string of the molecule is CC[NH-].[Rf].[Rf].[Rf]. The molecule has 26 valence electrons. The molecule has 0 heterocycles. The van der Waals surface area contributed by atoms with Gasteiger partial charge in [0.1, 0.15) is 0 Å². The topological polar surface area (TPSA) is 23.8 Å². The zero-order chi connectivity index (χ0) is 2.71. The van der Waals surface area contributed by atoms with E-state index in [0.29, 0.717) is 6.54 Å². The molecule has 0 aromatic heterocycles. The molecule has 6 heavy (non-hydrogen) atoms. The van der Waals surface area contributed by atoms with E-state index in [2.05, 4.69) is 0 Å². The Kier molecular flexibility index (Phi) is 0.761. The molecule has 0 radical (unpaired) electrons. The van der Waals surface area contributed by atoms with Crippen LogP contribution in [0.2, 0.25) is 0 Å². The Balaban J connectivity index is -0.00000000667. The van der Waals surface area contributed by atoms with Crippen molar-refractivity contribution in [2.75, 3.05) is 6.54 Å². The summed E-state index contributed by atoms with van der Waals surface area (Å²) in [6.07, 6.45) is 0. The van der Waals surface area contributed by atoms with Crippen LogP contribution in [-0.2, 0) is 0 Å². The molecule has 0 bridgehead atoms. The minimum atomic E-state index is 0. The summed E-state index contributed by atoms with van der Waals surface area (Å²) in [4.78, 5) is 0. The van der Waals surface area contributed by atoms with Crippen molar-refractivity contribution >= 4 is 0 Å². The Morgan fingerprint density at radius 2 is 1.17 bits per heavy atom. The average Bonchev–Trinajstić information content (AvgIpc) is 0.918. The van der Waals surface area contributed by atoms with E-state index in [1.165, 1.54) is 0 Å². The van der Waals surface area contributed by atoms with Crippen molar-refractivity contribution in [3.63, 3.8) is 0 Å². The molecule has 0 aromatic carbocycles. The van der Waals surface area contributed by atoms with Gasteiger partial charge in [-0.2, -0.15) is 6.54 Å². The Morgan fingerprint density at radius 3 is 1.17 bits per heavy atom. The first-order valence-corrected chi connectivity index (χ1v) is 1.06. The minimum Gasteiger partial charge on any atom is -0.678 e. The quantitative estimate of drug-likeness (QED) is 0.349. The predicted molar refractivity (Wildman–Crippen MR) is 14.9 cm³/mol. The molecule has 0 aromatic rings. The molecule has 4 heteroatoms. The summed E-state index contributed by atoms with van der Waals surface area (Å²) >= 11 is 0. The van der Waals surface area contributed by atoms with Crippen LogP contribution < -0.4 is 0 Å². The van der Waals surface area contributed by atoms with Crippen molar-refractivity contribution in [1.29, 1.82) is 0 Å². The van der Waals surface area contributed by atoms with Crippen LogP contribution >= 0.6 is 0 Å². The number of hydrogen-bond donors (Lipinski definition) is 0. The van der Waals surface area contributed by atoms with Crippen molar-refractivity contribution in [2.24, 2.45) is 0 Å². The molecule has 0 aliphatic carbocycles. The molecule has 0 spiro atoms. The molecule has 1 nitrogen and oxygen atoms in total. The van der Waals surface area contributed by atoms with Gasteiger partial charge in [-0.15, -0.1) is 0 Å². The van der Waals surface area contributed by atoms with Crippen molar-refractivity contribution in [3.05, 3.63) is 5.73 Å². The summed E-state index contributed by atoms with van der Waals surface area (Å²) in [5, 5.41) is 0. The standard InChI is InChI=1S/C2H6N.3Rf/c1-2-3;;;/h3H,2H2,1H3;;;/q-1;;;. The van der Waals surface area contributed by atoms with Crippen molar-refractivity contribution in [3.8, 4) is 0 Å². The summed E-state index contributed by atoms with van der Waals surface area (Å²) < 4.78 is 0. The van der Waals surface area contributed by atoms with Crippen molar-refractivity contribution in [1.82, 2.24) is 0 Å². The smallest absolute Gasteiger partial charge is 0 e. The zero-order valence-corrected chi connectivity index (χ0v) is 23.5. The summed E-state index contributed by atoms with van der Waals surface area (Å²) in [6, 6.07) is 0. The second-order valence-electron chi connectivity index (χ2n) is 0.354. The average molecular weight is 845 g/mol. The van der Waals surface area contributed by atoms with Gasteiger partial charge in [0.25, 0.3) is 0 Å². The van der Waals surface area contributed by atoms with E-state index in [1.807, 2.05) is 0 Å². The van der Waals surface area contributed by atoms with Crippen LogP contribution in [0, 0.1) is 0 Å². The Morgan fingerprint density at radius 1 is 1.17 bits per heavy atom. The van der Waals surface area contributed by atoms with Crippen LogP contribution in [0.1, 0.15) is 6.92 Å². The summed E-state index contributed by atoms with van der Waals surface area (Å²) in [5.41, 5.74) is 6.21. The molecule has 0 aliphatic heterocycles. The van der Waals surface area contributed by atoms with Crippen molar-refractivity contribution in [2.45, 2.75) is 6.92 Å². The molecule has 0 unspecified atom stereocenters. The Hall–Kier alpha value is -3.04. The summed E-state index contributed by atoms with van der Waals surface area (Å²) in [6.45, 7) is 2.29. The van der Waals surface area contributed by atoms with Crippen LogP contribution in [0.25, 0.3) is 5.73 Å². The third-order valence-electron chi connectivity index (χ3n) is 0. The van der Waals surface area contributed by atoms with E-state index in [0.717, 1.165) is 0 Å². The van der Waals surface area contributed by atoms with E-state index >= 15 is 0 Å². The van der Waals surface area contributed by atoms with Gasteiger partial charge in [-0.3, -0.25) is 0 Å². The molecule has 0 fully saturated rings. The number of nitrogens with one attached hydrogen (secondary N) is 1. The molecule has 0 amide bonds. The minimum absolute atomic E-state index is 0. The van der Waals surface area contributed by atoms with E-state index in [-0.39, 0.29) is 0 Å². The van der Waals surface area contributed by atoms with Crippen molar-refractivity contribution < 1.29 is 0 Å². The third-order valence-corrected chi connectivity index (χ3v) is 0. The van der Waals surface area contributed by atoms with Gasteiger partial charge in [0.2, 0.25) is 0 Å². The molecular weight excluding hydrogens is 839 g/mol. The molecule has 0 rings (SSSR count). The third kappa shape index (κ3) is 0.000166. The van der Waals surface area contributed by atoms with Gasteiger partial charge in [-0.1, -0.05) is 6.92 Å². The second-order valence-corrected chi connectivity index (χ2v) is 0.354. The van der Waals surface area contributed by atoms with E-state index in [4.69, 9.17) is 5.73 Å². The molecule has 0 atom stereocenters. The molecule has 0 saturated carbocycles. The first kappa shape index (κ1) is 10.5. The molecule has 0 saturated heterocycles. The normalized spacial score (nSPS) is 3.00. The second kappa shape index (κ2) is 0.434. The number of rotatable bonds is 0. The van der Waals surface area contributed by atoms with Crippen LogP contribution in [0.4, 0.5) is 0 Å².